The van der Waals surface area contributed by atoms with Gasteiger partial charge in [-0.1, -0.05) is 31.8 Å². The van der Waals surface area contributed by atoms with Crippen LogP contribution in [0.1, 0.15) is 42.1 Å². The quantitative estimate of drug-likeness (QED) is 0.513. The number of hydrogen-bond acceptors (Lipinski definition) is 3. The van der Waals surface area contributed by atoms with E-state index in [2.05, 4.69) is 35.8 Å². The van der Waals surface area contributed by atoms with E-state index < -0.39 is 6.10 Å². The minimum absolute atomic E-state index is 0.383. The van der Waals surface area contributed by atoms with Gasteiger partial charge in [0.2, 0.25) is 0 Å². The molecule has 0 heterocycles. The van der Waals surface area contributed by atoms with Crippen LogP contribution < -0.4 is 0 Å². The van der Waals surface area contributed by atoms with Crippen molar-refractivity contribution in [1.82, 2.24) is 0 Å². The van der Waals surface area contributed by atoms with Gasteiger partial charge in [0, 0.05) is 11.1 Å². The molecule has 0 unspecified atom stereocenters. The van der Waals surface area contributed by atoms with Gasteiger partial charge >= 0.3 is 5.97 Å². The number of carbonyl (C=O) groups is 1. The SMILES string of the molecule is C=C=C(CCCC)[C@@H](O)C#Cc1ccc(C(=O)OC)cc1. The molecule has 0 aliphatic heterocycles. The van der Waals surface area contributed by atoms with Gasteiger partial charge < -0.3 is 9.84 Å². The molecule has 3 nitrogen and oxygen atoms in total. The van der Waals surface area contributed by atoms with Crippen molar-refractivity contribution >= 4 is 5.97 Å². The van der Waals surface area contributed by atoms with Crippen LogP contribution in [-0.4, -0.2) is 24.3 Å². The Kier molecular flexibility index (Phi) is 7.04. The maximum Gasteiger partial charge on any atom is 0.337 e. The lowest BCUT2D eigenvalue weighted by molar-refractivity contribution is 0.0600. The number of aliphatic hydroxyl groups is 1. The molecule has 110 valence electrons. The molecule has 0 radical (unpaired) electrons. The van der Waals surface area contributed by atoms with Crippen molar-refractivity contribution < 1.29 is 14.6 Å². The standard InChI is InChI=1S/C18H20O3/c1-4-6-7-15(5-2)17(19)13-10-14-8-11-16(12-9-14)18(20)21-3/h8-9,11-12,17,19H,2,4,6-7H2,1,3H3/t17-/m0/s1. The van der Waals surface area contributed by atoms with Crippen LogP contribution >= 0.6 is 0 Å². The molecule has 1 aromatic rings. The fourth-order valence-corrected chi connectivity index (χ4v) is 1.74. The summed E-state index contributed by atoms with van der Waals surface area (Å²) in [4.78, 5) is 11.3. The van der Waals surface area contributed by atoms with Gasteiger partial charge in [0.1, 0.15) is 6.10 Å². The van der Waals surface area contributed by atoms with Gasteiger partial charge in [0.05, 0.1) is 12.7 Å². The largest absolute Gasteiger partial charge is 0.465 e. The van der Waals surface area contributed by atoms with E-state index >= 15 is 0 Å². The second kappa shape index (κ2) is 8.81. The Morgan fingerprint density at radius 3 is 2.57 bits per heavy atom. The van der Waals surface area contributed by atoms with Crippen molar-refractivity contribution in [2.45, 2.75) is 32.3 Å². The summed E-state index contributed by atoms with van der Waals surface area (Å²) in [5.41, 5.74) is 4.67. The van der Waals surface area contributed by atoms with E-state index in [1.165, 1.54) is 7.11 Å². The smallest absolute Gasteiger partial charge is 0.337 e. The number of carbonyl (C=O) groups excluding carboxylic acids is 1. The Labute approximate surface area is 126 Å². The van der Waals surface area contributed by atoms with Gasteiger partial charge in [-0.3, -0.25) is 0 Å². The van der Waals surface area contributed by atoms with E-state index in [4.69, 9.17) is 0 Å². The highest BCUT2D eigenvalue weighted by atomic mass is 16.5. The molecule has 0 saturated heterocycles. The highest BCUT2D eigenvalue weighted by molar-refractivity contribution is 5.89. The third-order valence-electron chi connectivity index (χ3n) is 3.02. The van der Waals surface area contributed by atoms with E-state index in [0.717, 1.165) is 30.4 Å². The van der Waals surface area contributed by atoms with Gasteiger partial charge in [0.15, 0.2) is 0 Å². The Morgan fingerprint density at radius 2 is 2.05 bits per heavy atom. The van der Waals surface area contributed by atoms with Gasteiger partial charge in [-0.15, -0.1) is 5.73 Å². The number of unbranched alkanes of at least 4 members (excludes halogenated alkanes) is 1. The summed E-state index contributed by atoms with van der Waals surface area (Å²) in [6, 6.07) is 6.72. The van der Waals surface area contributed by atoms with E-state index in [1.54, 1.807) is 24.3 Å². The number of hydrogen-bond donors (Lipinski definition) is 1. The van der Waals surface area contributed by atoms with Crippen LogP contribution in [0.4, 0.5) is 0 Å². The molecule has 0 spiro atoms. The van der Waals surface area contributed by atoms with E-state index in [0.29, 0.717) is 5.56 Å². The molecule has 1 N–H and O–H groups in total. The fraction of sp³-hybridized carbons (Fsp3) is 0.333. The molecule has 1 atom stereocenters. The molecule has 0 aromatic heterocycles. The first-order valence-corrected chi connectivity index (χ1v) is 6.89. The topological polar surface area (TPSA) is 46.5 Å². The third kappa shape index (κ3) is 5.31. The lowest BCUT2D eigenvalue weighted by Gasteiger charge is -2.05. The summed E-state index contributed by atoms with van der Waals surface area (Å²) in [7, 11) is 1.34. The van der Waals surface area contributed by atoms with Crippen LogP contribution in [0.15, 0.2) is 42.1 Å². The first-order valence-electron chi connectivity index (χ1n) is 6.89. The Balaban J connectivity index is 2.77. The average Bonchev–Trinajstić information content (AvgIpc) is 2.53. The zero-order chi connectivity index (χ0) is 15.7. The summed E-state index contributed by atoms with van der Waals surface area (Å²) >= 11 is 0. The average molecular weight is 284 g/mol. The highest BCUT2D eigenvalue weighted by Crippen LogP contribution is 2.10. The molecule has 21 heavy (non-hydrogen) atoms. The van der Waals surface area contributed by atoms with Crippen LogP contribution in [0, 0.1) is 11.8 Å². The summed E-state index contributed by atoms with van der Waals surface area (Å²) in [5.74, 6) is 5.27. The van der Waals surface area contributed by atoms with E-state index in [1.807, 2.05) is 0 Å². The minimum Gasteiger partial charge on any atom is -0.465 e. The third-order valence-corrected chi connectivity index (χ3v) is 3.02. The van der Waals surface area contributed by atoms with E-state index in [9.17, 15) is 9.90 Å². The van der Waals surface area contributed by atoms with E-state index in [-0.39, 0.29) is 5.97 Å². The predicted molar refractivity (Wildman–Crippen MR) is 82.8 cm³/mol. The summed E-state index contributed by atoms with van der Waals surface area (Å²) in [5, 5.41) is 9.99. The number of methoxy groups -OCH3 is 1. The zero-order valence-electron chi connectivity index (χ0n) is 12.5. The fourth-order valence-electron chi connectivity index (χ4n) is 1.74. The Hall–Kier alpha value is -2.27. The second-order valence-corrected chi connectivity index (χ2v) is 4.55. The number of benzene rings is 1. The van der Waals surface area contributed by atoms with Gasteiger partial charge in [0.25, 0.3) is 0 Å². The van der Waals surface area contributed by atoms with Crippen molar-refractivity contribution in [3.63, 3.8) is 0 Å². The van der Waals surface area contributed by atoms with Gasteiger partial charge in [-0.25, -0.2) is 4.79 Å². The Bertz CT molecular complexity index is 581. The molecule has 0 saturated carbocycles. The molecule has 1 aromatic carbocycles. The highest BCUT2D eigenvalue weighted by Gasteiger charge is 2.06. The van der Waals surface area contributed by atoms with Crippen molar-refractivity contribution in [2.24, 2.45) is 0 Å². The molecule has 0 fully saturated rings. The first kappa shape index (κ1) is 16.8. The van der Waals surface area contributed by atoms with Crippen LogP contribution in [0.25, 0.3) is 0 Å². The maximum atomic E-state index is 11.3. The molecule has 0 aliphatic rings. The van der Waals surface area contributed by atoms with Gasteiger partial charge in [-0.2, -0.15) is 0 Å². The maximum absolute atomic E-state index is 11.3. The molecular weight excluding hydrogens is 264 g/mol. The first-order chi connectivity index (χ1) is 10.1. The summed E-state index contributed by atoms with van der Waals surface area (Å²) in [6.07, 6.45) is 1.91. The van der Waals surface area contributed by atoms with Crippen LogP contribution in [0.5, 0.6) is 0 Å². The molecule has 0 bridgehead atoms. The second-order valence-electron chi connectivity index (χ2n) is 4.55. The lowest BCUT2D eigenvalue weighted by Crippen LogP contribution is -2.06. The predicted octanol–water partition coefficient (Wildman–Crippen LogP) is 3.09. The molecule has 0 amide bonds. The molecular formula is C18H20O3. The van der Waals surface area contributed by atoms with Crippen molar-refractivity contribution in [1.29, 1.82) is 0 Å². The zero-order valence-corrected chi connectivity index (χ0v) is 12.5. The molecule has 0 aliphatic carbocycles. The van der Waals surface area contributed by atoms with Crippen molar-refractivity contribution in [2.75, 3.05) is 7.11 Å². The minimum atomic E-state index is -0.852. The van der Waals surface area contributed by atoms with Crippen LogP contribution in [0.3, 0.4) is 0 Å². The van der Waals surface area contributed by atoms with Crippen molar-refractivity contribution in [3.05, 3.63) is 53.3 Å². The lowest BCUT2D eigenvalue weighted by atomic mass is 10.0. The number of rotatable bonds is 5. The normalized spacial score (nSPS) is 10.8. The molecule has 1 rings (SSSR count). The molecule has 3 heteroatoms. The number of ether oxygens (including phenoxy) is 1. The summed E-state index contributed by atoms with van der Waals surface area (Å²) in [6.45, 7) is 5.67. The number of esters is 1. The van der Waals surface area contributed by atoms with Crippen LogP contribution in [-0.2, 0) is 4.74 Å². The number of aliphatic hydroxyl groups excluding tert-OH is 1. The van der Waals surface area contributed by atoms with Crippen LogP contribution in [0.2, 0.25) is 0 Å². The Morgan fingerprint density at radius 1 is 1.38 bits per heavy atom. The summed E-state index contributed by atoms with van der Waals surface area (Å²) < 4.78 is 4.62. The van der Waals surface area contributed by atoms with Gasteiger partial charge in [-0.05, 0) is 37.1 Å². The monoisotopic (exact) mass is 284 g/mol. The van der Waals surface area contributed by atoms with Crippen molar-refractivity contribution in [3.8, 4) is 11.8 Å².